The second-order valence-corrected chi connectivity index (χ2v) is 4.79. The second-order valence-electron chi connectivity index (χ2n) is 4.79. The van der Waals surface area contributed by atoms with Crippen LogP contribution in [0.2, 0.25) is 0 Å². The number of rotatable bonds is 4. The number of aromatic hydroxyl groups is 1. The standard InChI is InChI=1S/C14H19NO2/c1-3-15(9-11-4-5-11)14(17)13-7-6-12(16)8-10(13)2/h6-8,11,16H,3-5,9H2,1-2H3. The zero-order valence-corrected chi connectivity index (χ0v) is 10.4. The molecular weight excluding hydrogens is 214 g/mol. The molecule has 0 saturated heterocycles. The molecule has 1 amide bonds. The number of nitrogens with zero attached hydrogens (tertiary/aromatic N) is 1. The van der Waals surface area contributed by atoms with Crippen molar-refractivity contribution in [2.45, 2.75) is 26.7 Å². The topological polar surface area (TPSA) is 40.5 Å². The van der Waals surface area contributed by atoms with E-state index in [-0.39, 0.29) is 11.7 Å². The number of carbonyl (C=O) groups excluding carboxylic acids is 1. The maximum Gasteiger partial charge on any atom is 0.254 e. The first kappa shape index (κ1) is 12.0. The molecule has 0 heterocycles. The van der Waals surface area contributed by atoms with Crippen molar-refractivity contribution in [3.8, 4) is 5.75 Å². The van der Waals surface area contributed by atoms with E-state index in [1.54, 1.807) is 18.2 Å². The molecule has 1 N–H and O–H groups in total. The van der Waals surface area contributed by atoms with E-state index in [1.165, 1.54) is 12.8 Å². The lowest BCUT2D eigenvalue weighted by atomic mass is 10.1. The third-order valence-corrected chi connectivity index (χ3v) is 3.28. The van der Waals surface area contributed by atoms with Crippen molar-refractivity contribution in [2.75, 3.05) is 13.1 Å². The third-order valence-electron chi connectivity index (χ3n) is 3.28. The number of hydrogen-bond acceptors (Lipinski definition) is 2. The van der Waals surface area contributed by atoms with Crippen LogP contribution in [-0.2, 0) is 0 Å². The molecule has 92 valence electrons. The monoisotopic (exact) mass is 233 g/mol. The van der Waals surface area contributed by atoms with Gasteiger partial charge in [0.25, 0.3) is 5.91 Å². The highest BCUT2D eigenvalue weighted by Gasteiger charge is 2.26. The summed E-state index contributed by atoms with van der Waals surface area (Å²) >= 11 is 0. The van der Waals surface area contributed by atoms with Crippen LogP contribution in [0.15, 0.2) is 18.2 Å². The van der Waals surface area contributed by atoms with Crippen LogP contribution in [0.25, 0.3) is 0 Å². The maximum atomic E-state index is 12.3. The first-order valence-electron chi connectivity index (χ1n) is 6.20. The molecule has 1 aliphatic rings. The molecule has 17 heavy (non-hydrogen) atoms. The van der Waals surface area contributed by atoms with Gasteiger partial charge < -0.3 is 10.0 Å². The van der Waals surface area contributed by atoms with Crippen LogP contribution in [0, 0.1) is 12.8 Å². The van der Waals surface area contributed by atoms with Gasteiger partial charge in [0, 0.05) is 18.7 Å². The average molecular weight is 233 g/mol. The molecule has 1 aliphatic carbocycles. The fourth-order valence-corrected chi connectivity index (χ4v) is 2.03. The second kappa shape index (κ2) is 4.78. The van der Waals surface area contributed by atoms with E-state index in [4.69, 9.17) is 0 Å². The zero-order chi connectivity index (χ0) is 12.4. The van der Waals surface area contributed by atoms with E-state index >= 15 is 0 Å². The number of amides is 1. The van der Waals surface area contributed by atoms with Crippen molar-refractivity contribution >= 4 is 5.91 Å². The Balaban J connectivity index is 2.15. The number of carbonyl (C=O) groups is 1. The highest BCUT2D eigenvalue weighted by Crippen LogP contribution is 2.30. The lowest BCUT2D eigenvalue weighted by molar-refractivity contribution is 0.0756. The van der Waals surface area contributed by atoms with Gasteiger partial charge in [-0.15, -0.1) is 0 Å². The number of benzene rings is 1. The van der Waals surface area contributed by atoms with Gasteiger partial charge in [0.1, 0.15) is 5.75 Å². The molecule has 0 spiro atoms. The van der Waals surface area contributed by atoms with Crippen LogP contribution in [-0.4, -0.2) is 29.0 Å². The fourth-order valence-electron chi connectivity index (χ4n) is 2.03. The molecule has 2 rings (SSSR count). The normalized spacial score (nSPS) is 14.7. The van der Waals surface area contributed by atoms with Crippen molar-refractivity contribution in [1.82, 2.24) is 4.90 Å². The smallest absolute Gasteiger partial charge is 0.254 e. The van der Waals surface area contributed by atoms with Gasteiger partial charge in [-0.3, -0.25) is 4.79 Å². The van der Waals surface area contributed by atoms with Crippen molar-refractivity contribution in [3.63, 3.8) is 0 Å². The van der Waals surface area contributed by atoms with E-state index in [9.17, 15) is 9.90 Å². The Morgan fingerprint density at radius 1 is 1.47 bits per heavy atom. The quantitative estimate of drug-likeness (QED) is 0.868. The largest absolute Gasteiger partial charge is 0.508 e. The number of phenolic OH excluding ortho intramolecular Hbond substituents is 1. The molecular formula is C14H19NO2. The Labute approximate surface area is 102 Å². The molecule has 0 unspecified atom stereocenters. The summed E-state index contributed by atoms with van der Waals surface area (Å²) in [5.41, 5.74) is 1.54. The van der Waals surface area contributed by atoms with E-state index in [0.29, 0.717) is 11.5 Å². The summed E-state index contributed by atoms with van der Waals surface area (Å²) in [4.78, 5) is 14.2. The van der Waals surface area contributed by atoms with Gasteiger partial charge >= 0.3 is 0 Å². The van der Waals surface area contributed by atoms with E-state index in [1.807, 2.05) is 18.7 Å². The minimum atomic E-state index is 0.0805. The van der Waals surface area contributed by atoms with Crippen molar-refractivity contribution in [2.24, 2.45) is 5.92 Å². The minimum absolute atomic E-state index is 0.0805. The van der Waals surface area contributed by atoms with Gasteiger partial charge in [0.2, 0.25) is 0 Å². The summed E-state index contributed by atoms with van der Waals surface area (Å²) in [6.45, 7) is 5.49. The maximum absolute atomic E-state index is 12.3. The number of phenols is 1. The molecule has 0 radical (unpaired) electrons. The van der Waals surface area contributed by atoms with Gasteiger partial charge in [-0.05, 0) is 56.4 Å². The van der Waals surface area contributed by atoms with Gasteiger partial charge in [0.05, 0.1) is 0 Å². The summed E-state index contributed by atoms with van der Waals surface area (Å²) in [5, 5.41) is 9.35. The number of aryl methyl sites for hydroxylation is 1. The van der Waals surface area contributed by atoms with E-state index < -0.39 is 0 Å². The Kier molecular flexibility index (Phi) is 3.36. The predicted molar refractivity (Wildman–Crippen MR) is 67.1 cm³/mol. The van der Waals surface area contributed by atoms with E-state index in [2.05, 4.69) is 0 Å². The highest BCUT2D eigenvalue weighted by molar-refractivity contribution is 5.95. The first-order valence-corrected chi connectivity index (χ1v) is 6.20. The lowest BCUT2D eigenvalue weighted by Gasteiger charge is -2.21. The molecule has 0 atom stereocenters. The Bertz CT molecular complexity index is 424. The Morgan fingerprint density at radius 2 is 2.18 bits per heavy atom. The van der Waals surface area contributed by atoms with E-state index in [0.717, 1.165) is 18.7 Å². The van der Waals surface area contributed by atoms with Crippen LogP contribution in [0.3, 0.4) is 0 Å². The lowest BCUT2D eigenvalue weighted by Crippen LogP contribution is -2.33. The highest BCUT2D eigenvalue weighted by atomic mass is 16.3. The molecule has 0 bridgehead atoms. The van der Waals surface area contributed by atoms with Crippen molar-refractivity contribution in [1.29, 1.82) is 0 Å². The number of hydrogen-bond donors (Lipinski definition) is 1. The molecule has 3 heteroatoms. The first-order chi connectivity index (χ1) is 8.11. The molecule has 1 aromatic carbocycles. The summed E-state index contributed by atoms with van der Waals surface area (Å²) in [5.74, 6) is 0.998. The van der Waals surface area contributed by atoms with Crippen LogP contribution < -0.4 is 0 Å². The van der Waals surface area contributed by atoms with Crippen LogP contribution in [0.5, 0.6) is 5.75 Å². The van der Waals surface area contributed by atoms with Crippen LogP contribution in [0.1, 0.15) is 35.7 Å². The molecule has 1 fully saturated rings. The SMILES string of the molecule is CCN(CC1CC1)C(=O)c1ccc(O)cc1C. The van der Waals surface area contributed by atoms with Crippen LogP contribution in [0.4, 0.5) is 0 Å². The summed E-state index contributed by atoms with van der Waals surface area (Å²) in [7, 11) is 0. The molecule has 1 aromatic rings. The summed E-state index contributed by atoms with van der Waals surface area (Å²) in [6, 6.07) is 4.92. The average Bonchev–Trinajstić information content (AvgIpc) is 3.09. The van der Waals surface area contributed by atoms with Crippen LogP contribution >= 0.6 is 0 Å². The molecule has 1 saturated carbocycles. The van der Waals surface area contributed by atoms with Gasteiger partial charge in [-0.25, -0.2) is 0 Å². The fraction of sp³-hybridized carbons (Fsp3) is 0.500. The van der Waals surface area contributed by atoms with Gasteiger partial charge in [0.15, 0.2) is 0 Å². The Hall–Kier alpha value is -1.51. The minimum Gasteiger partial charge on any atom is -0.508 e. The summed E-state index contributed by atoms with van der Waals surface area (Å²) < 4.78 is 0. The van der Waals surface area contributed by atoms with Gasteiger partial charge in [-0.2, -0.15) is 0 Å². The van der Waals surface area contributed by atoms with Gasteiger partial charge in [-0.1, -0.05) is 0 Å². The summed E-state index contributed by atoms with van der Waals surface area (Å²) in [6.07, 6.45) is 2.50. The third kappa shape index (κ3) is 2.78. The Morgan fingerprint density at radius 3 is 2.71 bits per heavy atom. The molecule has 3 nitrogen and oxygen atoms in total. The zero-order valence-electron chi connectivity index (χ0n) is 10.4. The van der Waals surface area contributed by atoms with Crippen molar-refractivity contribution < 1.29 is 9.90 Å². The molecule has 0 aliphatic heterocycles. The molecule has 0 aromatic heterocycles. The predicted octanol–water partition coefficient (Wildman–Crippen LogP) is 2.57. The van der Waals surface area contributed by atoms with Crippen molar-refractivity contribution in [3.05, 3.63) is 29.3 Å².